The quantitative estimate of drug-likeness (QED) is 0.0375. The topological polar surface area (TPSA) is 75.6 Å². The van der Waals surface area contributed by atoms with Crippen LogP contribution in [-0.4, -0.2) is 76.7 Å². The summed E-state index contributed by atoms with van der Waals surface area (Å²) in [6, 6.07) is 10.3. The lowest BCUT2D eigenvalue weighted by Crippen LogP contribution is -2.47. The molecule has 2 fully saturated rings. The zero-order valence-electron chi connectivity index (χ0n) is 36.3. The van der Waals surface area contributed by atoms with Crippen molar-refractivity contribution >= 4 is 8.32 Å². The molecule has 7 nitrogen and oxygen atoms in total. The van der Waals surface area contributed by atoms with Gasteiger partial charge in [-0.3, -0.25) is 0 Å². The molecule has 55 heavy (non-hydrogen) atoms. The van der Waals surface area contributed by atoms with E-state index in [0.717, 1.165) is 77.2 Å². The summed E-state index contributed by atoms with van der Waals surface area (Å²) in [5.74, 6) is 6.29. The standard InChI is InChI=1S/C47H82O7Si/c1-8-9-10-11-12-13-14-15-18-24-29-46(54-55(6,7)47(2,3)4)45-35-34-44(53-45)43-33-32-42(52-43)41(48)31-30-40(51-38-49-5)28-23-17-16-19-25-36-50-37-39-26-21-20-22-27-39/h20-22,26-27,40-46,48H,8-19,23-25,28-29,32-38H2,1-7H3/t40-,41-,42-,43-,44-,45-,46-/m1/s1. The zero-order chi connectivity index (χ0) is 39.8. The Balaban J connectivity index is 1.40. The third-order valence-corrected chi connectivity index (χ3v) is 16.6. The number of hydrogen-bond donors (Lipinski definition) is 1. The molecule has 2 saturated heterocycles. The Morgan fingerprint density at radius 3 is 1.93 bits per heavy atom. The lowest BCUT2D eigenvalue weighted by atomic mass is 10.0. The maximum absolute atomic E-state index is 11.1. The molecular formula is C47H82O7Si. The molecule has 2 heterocycles. The van der Waals surface area contributed by atoms with Crippen molar-refractivity contribution in [1.82, 2.24) is 0 Å². The van der Waals surface area contributed by atoms with Gasteiger partial charge >= 0.3 is 0 Å². The van der Waals surface area contributed by atoms with E-state index in [4.69, 9.17) is 28.1 Å². The molecule has 7 atom stereocenters. The van der Waals surface area contributed by atoms with Gasteiger partial charge in [-0.25, -0.2) is 0 Å². The molecule has 2 aliphatic rings. The first-order valence-corrected chi connectivity index (χ1v) is 25.3. The Labute approximate surface area is 338 Å². The van der Waals surface area contributed by atoms with Crippen LogP contribution in [0.1, 0.15) is 168 Å². The third-order valence-electron chi connectivity index (χ3n) is 12.1. The van der Waals surface area contributed by atoms with E-state index in [0.29, 0.717) is 6.61 Å². The Bertz CT molecular complexity index is 1160. The van der Waals surface area contributed by atoms with Gasteiger partial charge in [0.15, 0.2) is 8.32 Å². The van der Waals surface area contributed by atoms with Crippen LogP contribution >= 0.6 is 0 Å². The Morgan fingerprint density at radius 2 is 1.31 bits per heavy atom. The molecule has 3 rings (SSSR count). The van der Waals surface area contributed by atoms with Gasteiger partial charge in [0.05, 0.1) is 37.1 Å². The van der Waals surface area contributed by atoms with Crippen molar-refractivity contribution in [3.63, 3.8) is 0 Å². The second-order valence-corrected chi connectivity index (χ2v) is 22.6. The van der Waals surface area contributed by atoms with Crippen LogP contribution < -0.4 is 0 Å². The molecule has 0 aliphatic carbocycles. The van der Waals surface area contributed by atoms with Crippen molar-refractivity contribution in [3.8, 4) is 11.8 Å². The second kappa shape index (κ2) is 27.4. The lowest BCUT2D eigenvalue weighted by molar-refractivity contribution is -0.101. The summed E-state index contributed by atoms with van der Waals surface area (Å²) in [5.41, 5.74) is 1.22. The normalized spacial score (nSPS) is 22.0. The predicted molar refractivity (Wildman–Crippen MR) is 229 cm³/mol. The molecule has 0 bridgehead atoms. The molecule has 0 unspecified atom stereocenters. The lowest BCUT2D eigenvalue weighted by Gasteiger charge is -2.41. The molecule has 0 spiro atoms. The second-order valence-electron chi connectivity index (χ2n) is 17.9. The fraction of sp³-hybridized carbons (Fsp3) is 0.830. The number of unbranched alkanes of at least 4 members (excludes halogenated alkanes) is 13. The van der Waals surface area contributed by atoms with Crippen molar-refractivity contribution in [2.75, 3.05) is 20.5 Å². The molecule has 1 N–H and O–H groups in total. The average molecular weight is 787 g/mol. The van der Waals surface area contributed by atoms with E-state index in [-0.39, 0.29) is 48.5 Å². The minimum Gasteiger partial charge on any atom is -0.411 e. The highest BCUT2D eigenvalue weighted by molar-refractivity contribution is 6.74. The summed E-state index contributed by atoms with van der Waals surface area (Å²) in [5, 5.41) is 11.2. The van der Waals surface area contributed by atoms with E-state index in [2.05, 4.69) is 64.8 Å². The first kappa shape index (κ1) is 48.1. The highest BCUT2D eigenvalue weighted by Crippen LogP contribution is 2.41. The minimum absolute atomic E-state index is 0.0124. The van der Waals surface area contributed by atoms with Gasteiger partial charge in [-0.2, -0.15) is 0 Å². The van der Waals surface area contributed by atoms with Crippen LogP contribution in [0.3, 0.4) is 0 Å². The SMILES string of the molecule is CCCCCCCCCCCC[C@@H](O[Si](C)(C)C(C)(C)C)[C@H]1CC[C@H]([C@H]2CC[C@H]([C@H](O)C#C[C@@H](CCCCCCCOCc3ccccc3)OCOC)O2)O1. The Kier molecular flexibility index (Phi) is 24.0. The van der Waals surface area contributed by atoms with Crippen LogP contribution in [0.25, 0.3) is 0 Å². The van der Waals surface area contributed by atoms with Crippen LogP contribution in [0.4, 0.5) is 0 Å². The first-order valence-electron chi connectivity index (χ1n) is 22.4. The van der Waals surface area contributed by atoms with E-state index < -0.39 is 14.4 Å². The smallest absolute Gasteiger partial charge is 0.192 e. The predicted octanol–water partition coefficient (Wildman–Crippen LogP) is 11.7. The van der Waals surface area contributed by atoms with E-state index in [1.807, 2.05) is 18.2 Å². The van der Waals surface area contributed by atoms with Crippen LogP contribution in [-0.2, 0) is 34.7 Å². The highest BCUT2D eigenvalue weighted by Gasteiger charge is 2.45. The van der Waals surface area contributed by atoms with Gasteiger partial charge in [0, 0.05) is 13.7 Å². The van der Waals surface area contributed by atoms with Crippen LogP contribution in [0.5, 0.6) is 0 Å². The number of aliphatic hydroxyl groups excluding tert-OH is 1. The molecule has 0 amide bonds. The minimum atomic E-state index is -1.95. The number of rotatable bonds is 29. The van der Waals surface area contributed by atoms with Crippen molar-refractivity contribution in [3.05, 3.63) is 35.9 Å². The third kappa shape index (κ3) is 19.3. The molecule has 0 aromatic heterocycles. The van der Waals surface area contributed by atoms with E-state index in [1.54, 1.807) is 7.11 Å². The fourth-order valence-electron chi connectivity index (χ4n) is 7.59. The summed E-state index contributed by atoms with van der Waals surface area (Å²) < 4.78 is 37.2. The molecule has 1 aromatic rings. The number of methoxy groups -OCH3 is 1. The van der Waals surface area contributed by atoms with Gasteiger partial charge in [0.25, 0.3) is 0 Å². The number of benzene rings is 1. The van der Waals surface area contributed by atoms with Gasteiger partial charge in [0.2, 0.25) is 0 Å². The monoisotopic (exact) mass is 787 g/mol. The van der Waals surface area contributed by atoms with Gasteiger partial charge in [-0.05, 0) is 75.1 Å². The van der Waals surface area contributed by atoms with Crippen molar-refractivity contribution in [2.24, 2.45) is 0 Å². The number of aliphatic hydroxyl groups is 1. The van der Waals surface area contributed by atoms with Crippen molar-refractivity contribution in [1.29, 1.82) is 0 Å². The van der Waals surface area contributed by atoms with Crippen LogP contribution in [0.15, 0.2) is 30.3 Å². The summed E-state index contributed by atoms with van der Waals surface area (Å²) >= 11 is 0. The summed E-state index contributed by atoms with van der Waals surface area (Å²) in [7, 11) is -0.325. The molecule has 0 saturated carbocycles. The molecule has 316 valence electrons. The molecule has 1 aromatic carbocycles. The van der Waals surface area contributed by atoms with E-state index >= 15 is 0 Å². The first-order chi connectivity index (χ1) is 26.5. The highest BCUT2D eigenvalue weighted by atomic mass is 28.4. The summed E-state index contributed by atoms with van der Waals surface area (Å²) in [4.78, 5) is 0. The van der Waals surface area contributed by atoms with Gasteiger partial charge in [0.1, 0.15) is 19.0 Å². The fourth-order valence-corrected chi connectivity index (χ4v) is 8.97. The number of ether oxygens (including phenoxy) is 5. The number of hydrogen-bond acceptors (Lipinski definition) is 7. The van der Waals surface area contributed by atoms with Crippen molar-refractivity contribution in [2.45, 2.75) is 230 Å². The van der Waals surface area contributed by atoms with Crippen LogP contribution in [0.2, 0.25) is 18.1 Å². The van der Waals surface area contributed by atoms with Gasteiger partial charge in [-0.15, -0.1) is 0 Å². The van der Waals surface area contributed by atoms with E-state index in [9.17, 15) is 5.11 Å². The average Bonchev–Trinajstić information content (AvgIpc) is 3.86. The Morgan fingerprint density at radius 1 is 0.745 bits per heavy atom. The van der Waals surface area contributed by atoms with Gasteiger partial charge < -0.3 is 33.2 Å². The zero-order valence-corrected chi connectivity index (χ0v) is 37.3. The molecule has 8 heteroatoms. The van der Waals surface area contributed by atoms with Crippen LogP contribution in [0, 0.1) is 11.8 Å². The summed E-state index contributed by atoms with van der Waals surface area (Å²) in [6.45, 7) is 15.7. The van der Waals surface area contributed by atoms with Gasteiger partial charge in [-0.1, -0.05) is 153 Å². The maximum Gasteiger partial charge on any atom is 0.192 e. The van der Waals surface area contributed by atoms with Crippen molar-refractivity contribution < 1.29 is 33.2 Å². The molecular weight excluding hydrogens is 705 g/mol. The molecule has 0 radical (unpaired) electrons. The largest absolute Gasteiger partial charge is 0.411 e. The van der Waals surface area contributed by atoms with E-state index in [1.165, 1.54) is 69.8 Å². The maximum atomic E-state index is 11.1. The molecule has 2 aliphatic heterocycles. The summed E-state index contributed by atoms with van der Waals surface area (Å²) in [6.07, 6.45) is 23.3. The Hall–Kier alpha value is -1.28.